The number of carboxylic acid groups (broad SMARTS) is 2. The Morgan fingerprint density at radius 1 is 1.21 bits per heavy atom. The summed E-state index contributed by atoms with van der Waals surface area (Å²) in [5.41, 5.74) is 1.70. The number of aromatic carboxylic acids is 1. The quantitative estimate of drug-likeness (QED) is 0.851. The average molecular weight is 264 g/mol. The lowest BCUT2D eigenvalue weighted by Crippen LogP contribution is -2.30. The van der Waals surface area contributed by atoms with Gasteiger partial charge in [0.05, 0.1) is 16.9 Å². The average Bonchev–Trinajstić information content (AvgIpc) is 2.49. The van der Waals surface area contributed by atoms with Gasteiger partial charge in [0.1, 0.15) is 6.54 Å². The van der Waals surface area contributed by atoms with E-state index in [4.69, 9.17) is 10.2 Å². The number of nitrogens with zero attached hydrogens (tertiary/aromatic N) is 2. The van der Waals surface area contributed by atoms with Gasteiger partial charge in [-0.1, -0.05) is 0 Å². The highest BCUT2D eigenvalue weighted by molar-refractivity contribution is 5.91. The van der Waals surface area contributed by atoms with Crippen LogP contribution in [0.2, 0.25) is 0 Å². The zero-order valence-corrected chi connectivity index (χ0v) is 10.7. The molecule has 6 nitrogen and oxygen atoms in total. The third kappa shape index (κ3) is 2.78. The summed E-state index contributed by atoms with van der Waals surface area (Å²) in [5.74, 6) is -1.93. The molecule has 0 saturated heterocycles. The Bertz CT molecular complexity index is 515. The molecule has 2 rings (SSSR count). The molecule has 1 aromatic carbocycles. The summed E-state index contributed by atoms with van der Waals surface area (Å²) in [7, 11) is 1.92. The van der Waals surface area contributed by atoms with Crippen molar-refractivity contribution in [3.63, 3.8) is 0 Å². The number of benzene rings is 1. The van der Waals surface area contributed by atoms with Gasteiger partial charge in [-0.3, -0.25) is 4.79 Å². The summed E-state index contributed by atoms with van der Waals surface area (Å²) in [5, 5.41) is 18.0. The smallest absolute Gasteiger partial charge is 0.335 e. The Morgan fingerprint density at radius 3 is 2.58 bits per heavy atom. The Kier molecular flexibility index (Phi) is 3.59. The predicted octanol–water partition coefficient (Wildman–Crippen LogP) is 1.12. The summed E-state index contributed by atoms with van der Waals surface area (Å²) < 4.78 is 0. The van der Waals surface area contributed by atoms with E-state index in [0.29, 0.717) is 12.2 Å². The van der Waals surface area contributed by atoms with Crippen LogP contribution in [0, 0.1) is 0 Å². The number of hydrogen-bond donors (Lipinski definition) is 2. The Balaban J connectivity index is 2.46. The normalized spacial score (nSPS) is 14.8. The minimum absolute atomic E-state index is 0.121. The summed E-state index contributed by atoms with van der Waals surface area (Å²) in [6.45, 7) is 1.30. The maximum Gasteiger partial charge on any atom is 0.335 e. The lowest BCUT2D eigenvalue weighted by Gasteiger charge is -2.24. The molecule has 1 heterocycles. The van der Waals surface area contributed by atoms with E-state index >= 15 is 0 Å². The molecule has 19 heavy (non-hydrogen) atoms. The SMILES string of the molecule is CN1CCCN(CC(=O)O)c2cc(C(=O)O)ccc21. The maximum atomic E-state index is 11.0. The molecule has 0 unspecified atom stereocenters. The number of aliphatic carboxylic acids is 1. The molecular formula is C13H16N2O4. The molecule has 102 valence electrons. The van der Waals surface area contributed by atoms with Gasteiger partial charge in [0, 0.05) is 20.1 Å². The Morgan fingerprint density at radius 2 is 1.95 bits per heavy atom. The molecule has 0 aromatic heterocycles. The van der Waals surface area contributed by atoms with E-state index in [1.54, 1.807) is 23.1 Å². The van der Waals surface area contributed by atoms with Gasteiger partial charge < -0.3 is 20.0 Å². The summed E-state index contributed by atoms with van der Waals surface area (Å²) in [4.78, 5) is 25.7. The second kappa shape index (κ2) is 5.17. The van der Waals surface area contributed by atoms with Gasteiger partial charge >= 0.3 is 11.9 Å². The highest BCUT2D eigenvalue weighted by atomic mass is 16.4. The van der Waals surface area contributed by atoms with Gasteiger partial charge in [0.15, 0.2) is 0 Å². The van der Waals surface area contributed by atoms with Crippen molar-refractivity contribution >= 4 is 23.3 Å². The molecule has 1 aliphatic heterocycles. The molecule has 6 heteroatoms. The fraction of sp³-hybridized carbons (Fsp3) is 0.385. The van der Waals surface area contributed by atoms with Gasteiger partial charge in [-0.25, -0.2) is 4.79 Å². The van der Waals surface area contributed by atoms with Crippen LogP contribution in [0.4, 0.5) is 11.4 Å². The predicted molar refractivity (Wildman–Crippen MR) is 71.1 cm³/mol. The molecule has 1 aliphatic rings. The minimum atomic E-state index is -1.01. The second-order valence-corrected chi connectivity index (χ2v) is 4.60. The minimum Gasteiger partial charge on any atom is -0.480 e. The second-order valence-electron chi connectivity index (χ2n) is 4.60. The summed E-state index contributed by atoms with van der Waals surface area (Å²) in [6.07, 6.45) is 0.834. The van der Waals surface area contributed by atoms with Crippen molar-refractivity contribution in [2.75, 3.05) is 36.5 Å². The number of carbonyl (C=O) groups is 2. The molecular weight excluding hydrogens is 248 g/mol. The van der Waals surface area contributed by atoms with Crippen molar-refractivity contribution in [3.05, 3.63) is 23.8 Å². The summed E-state index contributed by atoms with van der Waals surface area (Å²) >= 11 is 0. The van der Waals surface area contributed by atoms with Crippen LogP contribution in [0.15, 0.2) is 18.2 Å². The van der Waals surface area contributed by atoms with Crippen molar-refractivity contribution in [1.29, 1.82) is 0 Å². The van der Waals surface area contributed by atoms with Gasteiger partial charge in [-0.15, -0.1) is 0 Å². The van der Waals surface area contributed by atoms with Gasteiger partial charge in [-0.05, 0) is 24.6 Å². The number of fused-ring (bicyclic) bond motifs is 1. The maximum absolute atomic E-state index is 11.0. The first-order chi connectivity index (χ1) is 8.99. The molecule has 0 amide bonds. The monoisotopic (exact) mass is 264 g/mol. The topological polar surface area (TPSA) is 81.1 Å². The molecule has 0 bridgehead atoms. The van der Waals surface area contributed by atoms with Crippen molar-refractivity contribution in [3.8, 4) is 0 Å². The van der Waals surface area contributed by atoms with Crippen molar-refractivity contribution in [2.24, 2.45) is 0 Å². The number of anilines is 2. The molecule has 2 N–H and O–H groups in total. The van der Waals surface area contributed by atoms with E-state index in [0.717, 1.165) is 18.7 Å². The number of carboxylic acids is 2. The van der Waals surface area contributed by atoms with Crippen LogP contribution in [0.3, 0.4) is 0 Å². The largest absolute Gasteiger partial charge is 0.480 e. The lowest BCUT2D eigenvalue weighted by atomic mass is 10.1. The van der Waals surface area contributed by atoms with E-state index < -0.39 is 11.9 Å². The van der Waals surface area contributed by atoms with Crippen LogP contribution in [0.25, 0.3) is 0 Å². The van der Waals surface area contributed by atoms with Crippen LogP contribution in [0.1, 0.15) is 16.8 Å². The standard InChI is InChI=1S/C13H16N2O4/c1-14-5-2-6-15(8-12(16)17)11-7-9(13(18)19)3-4-10(11)14/h3-4,7H,2,5-6,8H2,1H3,(H,16,17)(H,18,19). The van der Waals surface area contributed by atoms with E-state index in [9.17, 15) is 9.59 Å². The molecule has 0 spiro atoms. The number of hydrogen-bond acceptors (Lipinski definition) is 4. The van der Waals surface area contributed by atoms with Crippen LogP contribution in [-0.4, -0.2) is 48.8 Å². The molecule has 0 fully saturated rings. The van der Waals surface area contributed by atoms with Crippen LogP contribution in [0.5, 0.6) is 0 Å². The van der Waals surface area contributed by atoms with Crippen LogP contribution < -0.4 is 9.80 Å². The highest BCUT2D eigenvalue weighted by Gasteiger charge is 2.21. The third-order valence-corrected chi connectivity index (χ3v) is 3.22. The van der Waals surface area contributed by atoms with E-state index in [1.165, 1.54) is 0 Å². The zero-order valence-electron chi connectivity index (χ0n) is 10.7. The van der Waals surface area contributed by atoms with E-state index in [-0.39, 0.29) is 12.1 Å². The van der Waals surface area contributed by atoms with Crippen LogP contribution >= 0.6 is 0 Å². The molecule has 0 saturated carbocycles. The van der Waals surface area contributed by atoms with Gasteiger partial charge in [-0.2, -0.15) is 0 Å². The van der Waals surface area contributed by atoms with Gasteiger partial charge in [0.2, 0.25) is 0 Å². The first kappa shape index (κ1) is 13.2. The zero-order chi connectivity index (χ0) is 14.0. The number of rotatable bonds is 3. The first-order valence-electron chi connectivity index (χ1n) is 6.04. The molecule has 0 radical (unpaired) electrons. The summed E-state index contributed by atoms with van der Waals surface area (Å²) in [6, 6.07) is 4.82. The van der Waals surface area contributed by atoms with Crippen molar-refractivity contribution in [2.45, 2.75) is 6.42 Å². The Labute approximate surface area is 110 Å². The fourth-order valence-corrected chi connectivity index (χ4v) is 2.30. The van der Waals surface area contributed by atoms with Gasteiger partial charge in [0.25, 0.3) is 0 Å². The third-order valence-electron chi connectivity index (χ3n) is 3.22. The molecule has 0 aliphatic carbocycles. The van der Waals surface area contributed by atoms with Crippen molar-refractivity contribution in [1.82, 2.24) is 0 Å². The van der Waals surface area contributed by atoms with E-state index in [1.807, 2.05) is 11.9 Å². The van der Waals surface area contributed by atoms with Crippen LogP contribution in [-0.2, 0) is 4.79 Å². The van der Waals surface area contributed by atoms with Crippen molar-refractivity contribution < 1.29 is 19.8 Å². The Hall–Kier alpha value is -2.24. The highest BCUT2D eigenvalue weighted by Crippen LogP contribution is 2.32. The first-order valence-corrected chi connectivity index (χ1v) is 6.04. The molecule has 0 atom stereocenters. The molecule has 1 aromatic rings. The van der Waals surface area contributed by atoms with E-state index in [2.05, 4.69) is 0 Å². The fourth-order valence-electron chi connectivity index (χ4n) is 2.30. The lowest BCUT2D eigenvalue weighted by molar-refractivity contribution is -0.135.